The van der Waals surface area contributed by atoms with Crippen LogP contribution in [0.4, 0.5) is 5.13 Å². The molecule has 0 aliphatic carbocycles. The first kappa shape index (κ1) is 27.7. The Kier molecular flexibility index (Phi) is 11.3. The summed E-state index contributed by atoms with van der Waals surface area (Å²) < 4.78 is 12.8. The van der Waals surface area contributed by atoms with E-state index in [1.54, 1.807) is 11.3 Å². The Morgan fingerprint density at radius 3 is 2.75 bits per heavy atom. The van der Waals surface area contributed by atoms with Crippen molar-refractivity contribution in [3.8, 4) is 5.75 Å². The van der Waals surface area contributed by atoms with Crippen molar-refractivity contribution in [3.63, 3.8) is 0 Å². The van der Waals surface area contributed by atoms with E-state index in [1.807, 2.05) is 31.2 Å². The van der Waals surface area contributed by atoms with Gasteiger partial charge in [-0.1, -0.05) is 39.4 Å². The average molecular weight is 577 g/mol. The van der Waals surface area contributed by atoms with Crippen molar-refractivity contribution in [2.75, 3.05) is 31.6 Å². The van der Waals surface area contributed by atoms with E-state index in [0.29, 0.717) is 32.0 Å². The molecule has 1 atom stereocenters. The molecule has 10 heteroatoms. The number of aliphatic imine (C=N–C) groups is 1. The Morgan fingerprint density at radius 1 is 1.28 bits per heavy atom. The molecule has 1 aliphatic heterocycles. The molecule has 1 unspecified atom stereocenters. The summed E-state index contributed by atoms with van der Waals surface area (Å²) in [4.78, 5) is 19.9. The Labute approximate surface area is 224 Å². The number of nitrogens with zero attached hydrogens (tertiary/aromatic N) is 2. The van der Waals surface area contributed by atoms with E-state index < -0.39 is 0 Å². The van der Waals surface area contributed by atoms with Crippen LogP contribution < -0.4 is 21.1 Å². The second-order valence-electron chi connectivity index (χ2n) is 8.33. The molecule has 0 radical (unpaired) electrons. The minimum absolute atomic E-state index is 0.173. The monoisotopic (exact) mass is 575 g/mol. The first-order valence-corrected chi connectivity index (χ1v) is 13.8. The maximum atomic E-state index is 11.3. The molecule has 4 N–H and O–H groups in total. The zero-order chi connectivity index (χ0) is 25.8. The number of carbonyl (C=O) groups is 1. The first-order chi connectivity index (χ1) is 17.4. The molecular formula is C26H34BrN5O3S. The lowest BCUT2D eigenvalue weighted by Gasteiger charge is -2.13. The SMILES string of the molecule is CCOC(=O)CCCOc1ccc(CC(C)Nc2nc3ccc(Br)cc3s2)cc1.NC1=NCCCN1. The van der Waals surface area contributed by atoms with Gasteiger partial charge in [0.25, 0.3) is 0 Å². The topological polar surface area (TPSA) is 111 Å². The number of ether oxygens (including phenoxy) is 2. The highest BCUT2D eigenvalue weighted by Crippen LogP contribution is 2.29. The van der Waals surface area contributed by atoms with Gasteiger partial charge in [0.1, 0.15) is 5.75 Å². The number of aromatic nitrogens is 1. The molecular weight excluding hydrogens is 542 g/mol. The van der Waals surface area contributed by atoms with Crippen LogP contribution in [0.5, 0.6) is 5.75 Å². The van der Waals surface area contributed by atoms with Gasteiger partial charge in [-0.3, -0.25) is 9.79 Å². The smallest absolute Gasteiger partial charge is 0.305 e. The first-order valence-electron chi connectivity index (χ1n) is 12.2. The summed E-state index contributed by atoms with van der Waals surface area (Å²) in [7, 11) is 0. The van der Waals surface area contributed by atoms with E-state index in [1.165, 1.54) is 10.3 Å². The largest absolute Gasteiger partial charge is 0.494 e. The van der Waals surface area contributed by atoms with Gasteiger partial charge < -0.3 is 25.8 Å². The van der Waals surface area contributed by atoms with E-state index in [0.717, 1.165) is 46.8 Å². The van der Waals surface area contributed by atoms with Crippen LogP contribution in [0.3, 0.4) is 0 Å². The maximum absolute atomic E-state index is 11.3. The second-order valence-corrected chi connectivity index (χ2v) is 10.3. The minimum atomic E-state index is -0.173. The number of fused-ring (bicyclic) bond motifs is 1. The Hall–Kier alpha value is -2.85. The third-order valence-electron chi connectivity index (χ3n) is 5.21. The number of halogens is 1. The summed E-state index contributed by atoms with van der Waals surface area (Å²) in [6, 6.07) is 14.5. The quantitative estimate of drug-likeness (QED) is 0.227. The van der Waals surface area contributed by atoms with Crippen molar-refractivity contribution in [1.29, 1.82) is 0 Å². The van der Waals surface area contributed by atoms with Crippen LogP contribution in [0.15, 0.2) is 51.9 Å². The molecule has 1 aromatic heterocycles. The molecule has 8 nitrogen and oxygen atoms in total. The fourth-order valence-electron chi connectivity index (χ4n) is 3.49. The summed E-state index contributed by atoms with van der Waals surface area (Å²) in [5.74, 6) is 1.23. The average Bonchev–Trinajstić information content (AvgIpc) is 3.25. The van der Waals surface area contributed by atoms with Crippen molar-refractivity contribution in [2.45, 2.75) is 45.6 Å². The lowest BCUT2D eigenvalue weighted by Crippen LogP contribution is -2.35. The molecule has 4 rings (SSSR count). The lowest BCUT2D eigenvalue weighted by atomic mass is 10.1. The molecule has 0 saturated carbocycles. The minimum Gasteiger partial charge on any atom is -0.494 e. The van der Waals surface area contributed by atoms with Crippen LogP contribution in [-0.2, 0) is 16.0 Å². The van der Waals surface area contributed by atoms with E-state index in [-0.39, 0.29) is 12.0 Å². The van der Waals surface area contributed by atoms with Crippen molar-refractivity contribution in [2.24, 2.45) is 10.7 Å². The number of nitrogens with one attached hydrogen (secondary N) is 2. The molecule has 2 heterocycles. The van der Waals surface area contributed by atoms with Gasteiger partial charge in [0, 0.05) is 30.0 Å². The molecule has 0 saturated heterocycles. The van der Waals surface area contributed by atoms with E-state index >= 15 is 0 Å². The van der Waals surface area contributed by atoms with Gasteiger partial charge in [0.2, 0.25) is 0 Å². The van der Waals surface area contributed by atoms with Gasteiger partial charge in [-0.25, -0.2) is 4.98 Å². The normalized spacial score (nSPS) is 13.6. The van der Waals surface area contributed by atoms with Crippen molar-refractivity contribution in [3.05, 3.63) is 52.5 Å². The van der Waals surface area contributed by atoms with Crippen LogP contribution >= 0.6 is 27.3 Å². The van der Waals surface area contributed by atoms with Crippen molar-refractivity contribution < 1.29 is 14.3 Å². The van der Waals surface area contributed by atoms with Crippen molar-refractivity contribution >= 4 is 54.5 Å². The summed E-state index contributed by atoms with van der Waals surface area (Å²) in [6.45, 7) is 6.76. The zero-order valence-electron chi connectivity index (χ0n) is 20.8. The molecule has 1 aliphatic rings. The number of nitrogens with two attached hydrogens (primary N) is 1. The molecule has 0 spiro atoms. The highest BCUT2D eigenvalue weighted by atomic mass is 79.9. The van der Waals surface area contributed by atoms with Crippen LogP contribution in [0.2, 0.25) is 0 Å². The van der Waals surface area contributed by atoms with Gasteiger partial charge in [0.15, 0.2) is 11.1 Å². The van der Waals surface area contributed by atoms with Crippen LogP contribution in [0.25, 0.3) is 10.2 Å². The standard InChI is InChI=1S/C22H25BrN2O3S.C4H9N3/c1-3-27-21(26)5-4-12-28-18-9-6-16(7-10-18)13-15(2)24-22-25-19-11-8-17(23)14-20(19)29-22;5-4-6-2-1-3-7-4/h6-11,14-15H,3-5,12-13H2,1-2H3,(H,24,25);1-3H2,(H3,5,6,7). The predicted octanol–water partition coefficient (Wildman–Crippen LogP) is 5.12. The lowest BCUT2D eigenvalue weighted by molar-refractivity contribution is -0.143. The van der Waals surface area contributed by atoms with Gasteiger partial charge >= 0.3 is 5.97 Å². The number of rotatable bonds is 10. The van der Waals surface area contributed by atoms with Gasteiger partial charge in [-0.15, -0.1) is 0 Å². The Bertz CT molecular complexity index is 1140. The fraction of sp³-hybridized carbons (Fsp3) is 0.423. The summed E-state index contributed by atoms with van der Waals surface area (Å²) in [6.07, 6.45) is 3.04. The van der Waals surface area contributed by atoms with Gasteiger partial charge in [0.05, 0.1) is 23.4 Å². The maximum Gasteiger partial charge on any atom is 0.305 e. The number of guanidine groups is 1. The number of hydrogen-bond donors (Lipinski definition) is 3. The Balaban J connectivity index is 0.000000444. The van der Waals surface area contributed by atoms with Gasteiger partial charge in [-0.2, -0.15) is 0 Å². The molecule has 0 amide bonds. The third kappa shape index (κ3) is 9.66. The second kappa shape index (κ2) is 14.6. The molecule has 0 fully saturated rings. The van der Waals surface area contributed by atoms with Crippen molar-refractivity contribution in [1.82, 2.24) is 10.3 Å². The predicted molar refractivity (Wildman–Crippen MR) is 151 cm³/mol. The van der Waals surface area contributed by atoms with Crippen LogP contribution in [0, 0.1) is 0 Å². The van der Waals surface area contributed by atoms with Gasteiger partial charge in [-0.05, 0) is 69.0 Å². The number of esters is 1. The molecule has 3 aromatic rings. The highest BCUT2D eigenvalue weighted by Gasteiger charge is 2.09. The third-order valence-corrected chi connectivity index (χ3v) is 6.65. The summed E-state index contributed by atoms with van der Waals surface area (Å²) in [5.41, 5.74) is 7.51. The van der Waals surface area contributed by atoms with Crippen LogP contribution in [0.1, 0.15) is 38.7 Å². The van der Waals surface area contributed by atoms with Crippen LogP contribution in [-0.4, -0.2) is 49.3 Å². The summed E-state index contributed by atoms with van der Waals surface area (Å²) >= 11 is 5.17. The molecule has 194 valence electrons. The Morgan fingerprint density at radius 2 is 2.08 bits per heavy atom. The van der Waals surface area contributed by atoms with E-state index in [4.69, 9.17) is 15.2 Å². The molecule has 2 aromatic carbocycles. The number of thiazole rings is 1. The number of carbonyl (C=O) groups excluding carboxylic acids is 1. The number of hydrogen-bond acceptors (Lipinski definition) is 9. The molecule has 0 bridgehead atoms. The molecule has 36 heavy (non-hydrogen) atoms. The fourth-order valence-corrected chi connectivity index (χ4v) is 5.02. The number of benzene rings is 2. The van der Waals surface area contributed by atoms with E-state index in [2.05, 4.69) is 61.7 Å². The van der Waals surface area contributed by atoms with E-state index in [9.17, 15) is 4.79 Å². The zero-order valence-corrected chi connectivity index (χ0v) is 23.2. The summed E-state index contributed by atoms with van der Waals surface area (Å²) in [5, 5.41) is 7.34. The number of anilines is 1. The highest BCUT2D eigenvalue weighted by molar-refractivity contribution is 9.10.